The molecule has 1 N–H and O–H groups in total. The monoisotopic (exact) mass is 295 g/mol. The average molecular weight is 295 g/mol. The van der Waals surface area contributed by atoms with Crippen molar-refractivity contribution in [2.24, 2.45) is 0 Å². The van der Waals surface area contributed by atoms with E-state index in [0.29, 0.717) is 11.7 Å². The van der Waals surface area contributed by atoms with Crippen LogP contribution in [0.15, 0.2) is 23.6 Å². The molecule has 2 aromatic heterocycles. The van der Waals surface area contributed by atoms with Crippen LogP contribution >= 0.6 is 11.8 Å². The summed E-state index contributed by atoms with van der Waals surface area (Å²) in [6.07, 6.45) is 4.39. The van der Waals surface area contributed by atoms with Crippen molar-refractivity contribution in [1.29, 1.82) is 0 Å². The molecule has 108 valence electrons. The first-order valence-electron chi connectivity index (χ1n) is 6.37. The molecule has 0 bridgehead atoms. The van der Waals surface area contributed by atoms with Gasteiger partial charge in [0, 0.05) is 18.8 Å². The Kier molecular flexibility index (Phi) is 4.78. The van der Waals surface area contributed by atoms with Crippen molar-refractivity contribution in [1.82, 2.24) is 24.5 Å². The summed E-state index contributed by atoms with van der Waals surface area (Å²) in [5.74, 6) is -0.0176. The van der Waals surface area contributed by atoms with Gasteiger partial charge in [-0.25, -0.2) is 0 Å². The summed E-state index contributed by atoms with van der Waals surface area (Å²) < 4.78 is 3.84. The van der Waals surface area contributed by atoms with E-state index < -0.39 is 5.97 Å². The van der Waals surface area contributed by atoms with E-state index in [0.717, 1.165) is 12.2 Å². The number of rotatable bonds is 7. The minimum absolute atomic E-state index is 0.0175. The second-order valence-electron chi connectivity index (χ2n) is 4.38. The summed E-state index contributed by atoms with van der Waals surface area (Å²) >= 11 is 1.19. The van der Waals surface area contributed by atoms with Crippen LogP contribution in [0.4, 0.5) is 0 Å². The Balaban J connectivity index is 2.18. The van der Waals surface area contributed by atoms with E-state index in [1.807, 2.05) is 28.4 Å². The summed E-state index contributed by atoms with van der Waals surface area (Å²) in [6.45, 7) is 4.75. The number of thioether (sulfide) groups is 1. The quantitative estimate of drug-likeness (QED) is 0.779. The Hall–Kier alpha value is -1.83. The van der Waals surface area contributed by atoms with Crippen LogP contribution in [0.1, 0.15) is 25.7 Å². The molecule has 0 aliphatic heterocycles. The fraction of sp³-hybridized carbons (Fsp3) is 0.500. The van der Waals surface area contributed by atoms with Gasteiger partial charge in [0.25, 0.3) is 0 Å². The van der Waals surface area contributed by atoms with Gasteiger partial charge in [0.15, 0.2) is 5.16 Å². The standard InChI is InChI=1S/C12H17N5O2S/c1-3-10-14-15-12(20-8-11(18)19)17(10)9(2)7-16-6-4-5-13-16/h4-6,9H,3,7-8H2,1-2H3,(H,18,19). The number of nitrogens with zero attached hydrogens (tertiary/aromatic N) is 5. The first-order chi connectivity index (χ1) is 9.61. The number of carbonyl (C=O) groups is 1. The molecule has 20 heavy (non-hydrogen) atoms. The van der Waals surface area contributed by atoms with Gasteiger partial charge < -0.3 is 9.67 Å². The molecule has 0 radical (unpaired) electrons. The molecule has 0 aliphatic rings. The van der Waals surface area contributed by atoms with Gasteiger partial charge in [-0.1, -0.05) is 18.7 Å². The van der Waals surface area contributed by atoms with Crippen LogP contribution in [-0.4, -0.2) is 41.4 Å². The predicted octanol–water partition coefficient (Wildman–Crippen LogP) is 1.47. The van der Waals surface area contributed by atoms with E-state index in [1.165, 1.54) is 11.8 Å². The lowest BCUT2D eigenvalue weighted by Gasteiger charge is -2.17. The Labute approximate surface area is 121 Å². The first-order valence-corrected chi connectivity index (χ1v) is 7.36. The van der Waals surface area contributed by atoms with E-state index in [1.54, 1.807) is 6.20 Å². The highest BCUT2D eigenvalue weighted by molar-refractivity contribution is 7.99. The van der Waals surface area contributed by atoms with Gasteiger partial charge in [0.1, 0.15) is 5.82 Å². The smallest absolute Gasteiger partial charge is 0.313 e. The van der Waals surface area contributed by atoms with E-state index in [9.17, 15) is 4.79 Å². The highest BCUT2D eigenvalue weighted by atomic mass is 32.2. The molecule has 0 amide bonds. The lowest BCUT2D eigenvalue weighted by molar-refractivity contribution is -0.133. The summed E-state index contributed by atoms with van der Waals surface area (Å²) in [7, 11) is 0. The highest BCUT2D eigenvalue weighted by Crippen LogP contribution is 2.22. The fourth-order valence-corrected chi connectivity index (χ4v) is 2.75. The van der Waals surface area contributed by atoms with Gasteiger partial charge in [-0.2, -0.15) is 5.10 Å². The van der Waals surface area contributed by atoms with Crippen LogP contribution in [0.25, 0.3) is 0 Å². The van der Waals surface area contributed by atoms with Crippen LogP contribution in [0.2, 0.25) is 0 Å². The van der Waals surface area contributed by atoms with Gasteiger partial charge in [-0.3, -0.25) is 9.48 Å². The molecule has 2 heterocycles. The Bertz CT molecular complexity index is 566. The molecule has 2 rings (SSSR count). The Morgan fingerprint density at radius 3 is 2.90 bits per heavy atom. The van der Waals surface area contributed by atoms with E-state index in [4.69, 9.17) is 5.11 Å². The molecule has 7 nitrogen and oxygen atoms in total. The third-order valence-electron chi connectivity index (χ3n) is 2.83. The second kappa shape index (κ2) is 6.56. The molecule has 8 heteroatoms. The molecule has 1 atom stereocenters. The first kappa shape index (κ1) is 14.6. The average Bonchev–Trinajstić information content (AvgIpc) is 3.04. The lowest BCUT2D eigenvalue weighted by Crippen LogP contribution is -2.17. The third kappa shape index (κ3) is 3.38. The summed E-state index contributed by atoms with van der Waals surface area (Å²) in [6, 6.07) is 1.98. The third-order valence-corrected chi connectivity index (χ3v) is 3.76. The fourth-order valence-electron chi connectivity index (χ4n) is 1.98. The van der Waals surface area contributed by atoms with Crippen molar-refractivity contribution in [2.75, 3.05) is 5.75 Å². The van der Waals surface area contributed by atoms with Gasteiger partial charge in [-0.15, -0.1) is 10.2 Å². The largest absolute Gasteiger partial charge is 0.481 e. The highest BCUT2D eigenvalue weighted by Gasteiger charge is 2.18. The van der Waals surface area contributed by atoms with Gasteiger partial charge >= 0.3 is 5.97 Å². The maximum Gasteiger partial charge on any atom is 0.313 e. The number of hydrogen-bond acceptors (Lipinski definition) is 5. The SMILES string of the molecule is CCc1nnc(SCC(=O)O)n1C(C)Cn1cccn1. The van der Waals surface area contributed by atoms with Crippen molar-refractivity contribution >= 4 is 17.7 Å². The number of hydrogen-bond donors (Lipinski definition) is 1. The van der Waals surface area contributed by atoms with Gasteiger partial charge in [0.2, 0.25) is 0 Å². The zero-order valence-corrected chi connectivity index (χ0v) is 12.2. The van der Waals surface area contributed by atoms with Crippen molar-refractivity contribution < 1.29 is 9.90 Å². The molecule has 0 fully saturated rings. The van der Waals surface area contributed by atoms with E-state index >= 15 is 0 Å². The van der Waals surface area contributed by atoms with Crippen LogP contribution in [0, 0.1) is 0 Å². The van der Waals surface area contributed by atoms with Crippen molar-refractivity contribution in [3.8, 4) is 0 Å². The van der Waals surface area contributed by atoms with Crippen LogP contribution in [-0.2, 0) is 17.8 Å². The Morgan fingerprint density at radius 1 is 1.50 bits per heavy atom. The number of carboxylic acid groups (broad SMARTS) is 1. The zero-order chi connectivity index (χ0) is 14.5. The van der Waals surface area contributed by atoms with E-state index in [-0.39, 0.29) is 11.8 Å². The van der Waals surface area contributed by atoms with Crippen LogP contribution < -0.4 is 0 Å². The van der Waals surface area contributed by atoms with Crippen LogP contribution in [0.5, 0.6) is 0 Å². The number of carboxylic acids is 1. The molecule has 0 aromatic carbocycles. The molecule has 1 unspecified atom stereocenters. The molecule has 0 saturated carbocycles. The minimum Gasteiger partial charge on any atom is -0.481 e. The van der Waals surface area contributed by atoms with Gasteiger partial charge in [0.05, 0.1) is 18.3 Å². The molecule has 0 spiro atoms. The molecular formula is C12H17N5O2S. The normalized spacial score (nSPS) is 12.5. The summed E-state index contributed by atoms with van der Waals surface area (Å²) in [5.41, 5.74) is 0. The predicted molar refractivity (Wildman–Crippen MR) is 74.7 cm³/mol. The summed E-state index contributed by atoms with van der Waals surface area (Å²) in [5, 5.41) is 21.8. The second-order valence-corrected chi connectivity index (χ2v) is 5.32. The molecular weight excluding hydrogens is 278 g/mol. The summed E-state index contributed by atoms with van der Waals surface area (Å²) in [4.78, 5) is 10.7. The Morgan fingerprint density at radius 2 is 2.30 bits per heavy atom. The zero-order valence-electron chi connectivity index (χ0n) is 11.4. The number of aromatic nitrogens is 5. The van der Waals surface area contributed by atoms with Crippen molar-refractivity contribution in [3.05, 3.63) is 24.3 Å². The lowest BCUT2D eigenvalue weighted by atomic mass is 10.3. The molecule has 0 aliphatic carbocycles. The van der Waals surface area contributed by atoms with Crippen molar-refractivity contribution in [3.63, 3.8) is 0 Å². The molecule has 2 aromatic rings. The minimum atomic E-state index is -0.859. The van der Waals surface area contributed by atoms with E-state index in [2.05, 4.69) is 22.2 Å². The van der Waals surface area contributed by atoms with Crippen molar-refractivity contribution in [2.45, 2.75) is 38.0 Å². The number of aryl methyl sites for hydroxylation is 1. The topological polar surface area (TPSA) is 85.8 Å². The van der Waals surface area contributed by atoms with Gasteiger partial charge in [-0.05, 0) is 13.0 Å². The maximum absolute atomic E-state index is 10.7. The maximum atomic E-state index is 10.7. The van der Waals surface area contributed by atoms with Crippen LogP contribution in [0.3, 0.4) is 0 Å². The number of aliphatic carboxylic acids is 1. The molecule has 0 saturated heterocycles.